The Kier molecular flexibility index (Phi) is 4.46. The number of aliphatic hydroxyl groups excluding tert-OH is 1. The summed E-state index contributed by atoms with van der Waals surface area (Å²) in [4.78, 5) is 5.07. The van der Waals surface area contributed by atoms with Gasteiger partial charge in [0, 0.05) is 25.7 Å². The van der Waals surface area contributed by atoms with Crippen LogP contribution < -0.4 is 5.32 Å². The van der Waals surface area contributed by atoms with E-state index in [0.29, 0.717) is 11.3 Å². The molecule has 0 amide bonds. The van der Waals surface area contributed by atoms with Gasteiger partial charge >= 0.3 is 0 Å². The predicted molar refractivity (Wildman–Crippen MR) is 88.7 cm³/mol. The van der Waals surface area contributed by atoms with Gasteiger partial charge in [-0.25, -0.2) is 0 Å². The maximum absolute atomic E-state index is 10.8. The third-order valence-electron chi connectivity index (χ3n) is 7.01. The molecule has 2 saturated carbocycles. The summed E-state index contributed by atoms with van der Waals surface area (Å²) in [5.41, 5.74) is 0.584. The highest BCUT2D eigenvalue weighted by molar-refractivity contribution is 4.98. The van der Waals surface area contributed by atoms with E-state index < -0.39 is 0 Å². The minimum Gasteiger partial charge on any atom is -0.378 e. The van der Waals surface area contributed by atoms with Crippen molar-refractivity contribution >= 4 is 0 Å². The van der Waals surface area contributed by atoms with Crippen LogP contribution >= 0.6 is 0 Å². The molecule has 1 unspecified atom stereocenters. The average molecular weight is 307 g/mol. The maximum atomic E-state index is 10.8. The molecule has 4 nitrogen and oxygen atoms in total. The normalized spacial score (nSPS) is 33.1. The lowest BCUT2D eigenvalue weighted by Crippen LogP contribution is -2.53. The largest absolute Gasteiger partial charge is 0.378 e. The molecule has 0 aromatic rings. The number of rotatable bonds is 3. The van der Waals surface area contributed by atoms with Gasteiger partial charge in [-0.2, -0.15) is 0 Å². The lowest BCUT2D eigenvalue weighted by molar-refractivity contribution is -0.117. The van der Waals surface area contributed by atoms with E-state index >= 15 is 0 Å². The van der Waals surface area contributed by atoms with E-state index in [9.17, 15) is 5.11 Å². The van der Waals surface area contributed by atoms with Crippen LogP contribution in [-0.4, -0.2) is 66.4 Å². The quantitative estimate of drug-likeness (QED) is 0.831. The minimum atomic E-state index is -0.179. The Labute approximate surface area is 135 Å². The standard InChI is InChI=1S/C18H33N3O/c22-17(15-13-18(14-15)5-7-19-8-6-18)21-10-2-9-20(11-12-21)16-3-1-4-16/h15-17,19,22H,1-14H2. The Hall–Kier alpha value is -0.160. The Morgan fingerprint density at radius 3 is 2.41 bits per heavy atom. The maximum Gasteiger partial charge on any atom is 0.110 e. The molecule has 4 aliphatic rings. The van der Waals surface area contributed by atoms with E-state index in [1.165, 1.54) is 77.5 Å². The van der Waals surface area contributed by atoms with Crippen molar-refractivity contribution in [1.29, 1.82) is 0 Å². The molecule has 2 heterocycles. The molecule has 0 aromatic carbocycles. The van der Waals surface area contributed by atoms with Crippen molar-refractivity contribution in [2.45, 2.75) is 63.6 Å². The van der Waals surface area contributed by atoms with Crippen LogP contribution in [0.3, 0.4) is 0 Å². The molecule has 1 atom stereocenters. The number of nitrogens with zero attached hydrogens (tertiary/aromatic N) is 2. The molecule has 2 saturated heterocycles. The van der Waals surface area contributed by atoms with Gasteiger partial charge in [0.15, 0.2) is 0 Å². The second-order valence-corrected chi connectivity index (χ2v) is 8.34. The van der Waals surface area contributed by atoms with Gasteiger partial charge in [-0.1, -0.05) is 6.42 Å². The lowest BCUT2D eigenvalue weighted by atomic mass is 9.57. The number of aliphatic hydroxyl groups is 1. The third kappa shape index (κ3) is 2.95. The minimum absolute atomic E-state index is 0.179. The van der Waals surface area contributed by atoms with Gasteiger partial charge in [-0.05, 0) is 75.9 Å². The van der Waals surface area contributed by atoms with E-state index in [1.54, 1.807) is 0 Å². The molecule has 1 spiro atoms. The summed E-state index contributed by atoms with van der Waals surface area (Å²) in [7, 11) is 0. The summed E-state index contributed by atoms with van der Waals surface area (Å²) < 4.78 is 0. The second-order valence-electron chi connectivity index (χ2n) is 8.34. The predicted octanol–water partition coefficient (Wildman–Crippen LogP) is 1.64. The molecular weight excluding hydrogens is 274 g/mol. The van der Waals surface area contributed by atoms with Crippen LogP contribution in [0.25, 0.3) is 0 Å². The second kappa shape index (κ2) is 6.39. The Balaban J connectivity index is 1.27. The third-order valence-corrected chi connectivity index (χ3v) is 7.01. The number of hydrogen-bond acceptors (Lipinski definition) is 4. The van der Waals surface area contributed by atoms with Crippen LogP contribution in [0.15, 0.2) is 0 Å². The molecular formula is C18H33N3O. The van der Waals surface area contributed by atoms with Gasteiger partial charge in [0.05, 0.1) is 0 Å². The van der Waals surface area contributed by atoms with Crippen molar-refractivity contribution in [2.24, 2.45) is 11.3 Å². The van der Waals surface area contributed by atoms with Crippen molar-refractivity contribution in [1.82, 2.24) is 15.1 Å². The molecule has 0 radical (unpaired) electrons. The van der Waals surface area contributed by atoms with E-state index in [4.69, 9.17) is 0 Å². The molecule has 4 heteroatoms. The van der Waals surface area contributed by atoms with Gasteiger partial charge in [0.2, 0.25) is 0 Å². The molecule has 2 N–H and O–H groups in total. The van der Waals surface area contributed by atoms with Crippen LogP contribution in [0.4, 0.5) is 0 Å². The fourth-order valence-electron chi connectivity index (χ4n) is 5.27. The van der Waals surface area contributed by atoms with Crippen molar-refractivity contribution in [3.63, 3.8) is 0 Å². The molecule has 4 fully saturated rings. The molecule has 2 aliphatic heterocycles. The SMILES string of the molecule is OC(C1CC2(CCNCC2)C1)N1CCCN(C2CCC2)CC1. The van der Waals surface area contributed by atoms with Crippen molar-refractivity contribution in [2.75, 3.05) is 39.3 Å². The topological polar surface area (TPSA) is 38.7 Å². The lowest BCUT2D eigenvalue weighted by Gasteiger charge is -2.53. The van der Waals surface area contributed by atoms with Gasteiger partial charge in [-0.3, -0.25) is 9.80 Å². The summed E-state index contributed by atoms with van der Waals surface area (Å²) in [6.45, 7) is 6.95. The fourth-order valence-corrected chi connectivity index (χ4v) is 5.27. The molecule has 0 aromatic heterocycles. The highest BCUT2D eigenvalue weighted by Crippen LogP contribution is 2.53. The molecule has 126 valence electrons. The van der Waals surface area contributed by atoms with Crippen molar-refractivity contribution in [3.8, 4) is 0 Å². The summed E-state index contributed by atoms with van der Waals surface area (Å²) in [6, 6.07) is 0.860. The monoisotopic (exact) mass is 307 g/mol. The fraction of sp³-hybridized carbons (Fsp3) is 1.00. The number of piperidine rings is 1. The summed E-state index contributed by atoms with van der Waals surface area (Å²) >= 11 is 0. The first-order valence-corrected chi connectivity index (χ1v) is 9.63. The molecule has 4 rings (SSSR count). The zero-order valence-corrected chi connectivity index (χ0v) is 14.0. The number of hydrogen-bond donors (Lipinski definition) is 2. The smallest absolute Gasteiger partial charge is 0.110 e. The van der Waals surface area contributed by atoms with Crippen molar-refractivity contribution < 1.29 is 5.11 Å². The van der Waals surface area contributed by atoms with Gasteiger partial charge in [0.1, 0.15) is 6.23 Å². The zero-order valence-electron chi connectivity index (χ0n) is 14.0. The first kappa shape index (κ1) is 15.4. The summed E-state index contributed by atoms with van der Waals surface area (Å²) in [5, 5.41) is 14.3. The molecule has 0 bridgehead atoms. The van der Waals surface area contributed by atoms with Crippen LogP contribution in [0.1, 0.15) is 51.4 Å². The average Bonchev–Trinajstić information content (AvgIpc) is 2.69. The van der Waals surface area contributed by atoms with E-state index in [1.807, 2.05) is 0 Å². The zero-order chi connectivity index (χ0) is 15.0. The van der Waals surface area contributed by atoms with Crippen LogP contribution in [-0.2, 0) is 0 Å². The van der Waals surface area contributed by atoms with Crippen LogP contribution in [0, 0.1) is 11.3 Å². The van der Waals surface area contributed by atoms with E-state index in [0.717, 1.165) is 19.1 Å². The highest BCUT2D eigenvalue weighted by atomic mass is 16.3. The van der Waals surface area contributed by atoms with E-state index in [-0.39, 0.29) is 6.23 Å². The number of nitrogens with one attached hydrogen (secondary N) is 1. The van der Waals surface area contributed by atoms with Crippen LogP contribution in [0.5, 0.6) is 0 Å². The van der Waals surface area contributed by atoms with Crippen LogP contribution in [0.2, 0.25) is 0 Å². The van der Waals surface area contributed by atoms with Gasteiger partial charge in [0.25, 0.3) is 0 Å². The van der Waals surface area contributed by atoms with E-state index in [2.05, 4.69) is 15.1 Å². The summed E-state index contributed by atoms with van der Waals surface area (Å²) in [5.74, 6) is 0.536. The van der Waals surface area contributed by atoms with Crippen molar-refractivity contribution in [3.05, 3.63) is 0 Å². The Bertz CT molecular complexity index is 371. The van der Waals surface area contributed by atoms with Gasteiger partial charge in [-0.15, -0.1) is 0 Å². The molecule has 2 aliphatic carbocycles. The molecule has 22 heavy (non-hydrogen) atoms. The first-order chi connectivity index (χ1) is 10.8. The Morgan fingerprint density at radius 1 is 0.955 bits per heavy atom. The van der Waals surface area contributed by atoms with Gasteiger partial charge < -0.3 is 10.4 Å². The highest BCUT2D eigenvalue weighted by Gasteiger charge is 2.48. The Morgan fingerprint density at radius 2 is 1.73 bits per heavy atom. The summed E-state index contributed by atoms with van der Waals surface area (Å²) in [6.07, 6.45) is 10.5. The first-order valence-electron chi connectivity index (χ1n) is 9.63.